The number of nitrogens with zero attached hydrogens (tertiary/aromatic N) is 4. The lowest BCUT2D eigenvalue weighted by atomic mass is 10.3. The predicted octanol–water partition coefficient (Wildman–Crippen LogP) is 1.50. The lowest BCUT2D eigenvalue weighted by molar-refractivity contribution is 0.296. The summed E-state index contributed by atoms with van der Waals surface area (Å²) in [5, 5.41) is 21.3. The number of aliphatic hydroxyl groups excluding tert-OH is 1. The molecule has 0 aliphatic carbocycles. The first-order valence-corrected chi connectivity index (χ1v) is 5.31. The Morgan fingerprint density at radius 2 is 2.06 bits per heavy atom. The van der Waals surface area contributed by atoms with Crippen molar-refractivity contribution in [3.63, 3.8) is 0 Å². The molecule has 1 heterocycles. The van der Waals surface area contributed by atoms with Crippen molar-refractivity contribution in [1.29, 1.82) is 0 Å². The zero-order valence-electron chi connectivity index (χ0n) is 8.14. The van der Waals surface area contributed by atoms with Crippen molar-refractivity contribution in [3.05, 3.63) is 34.1 Å². The molecule has 0 amide bonds. The highest BCUT2D eigenvalue weighted by molar-refractivity contribution is 6.42. The SMILES string of the molecule is OCCc1nnn(-c2ccc(Cl)c(Cl)c2)n1. The van der Waals surface area contributed by atoms with E-state index in [0.717, 1.165) is 0 Å². The van der Waals surface area contributed by atoms with E-state index in [2.05, 4.69) is 15.4 Å². The van der Waals surface area contributed by atoms with Crippen molar-refractivity contribution in [2.75, 3.05) is 6.61 Å². The maximum absolute atomic E-state index is 8.72. The number of halogens is 2. The molecule has 0 spiro atoms. The Labute approximate surface area is 102 Å². The van der Waals surface area contributed by atoms with Crippen molar-refractivity contribution in [1.82, 2.24) is 20.2 Å². The van der Waals surface area contributed by atoms with E-state index in [9.17, 15) is 0 Å². The zero-order valence-corrected chi connectivity index (χ0v) is 9.65. The second kappa shape index (κ2) is 4.78. The number of aromatic nitrogens is 4. The van der Waals surface area contributed by atoms with Gasteiger partial charge in [0.1, 0.15) is 0 Å². The van der Waals surface area contributed by atoms with Crippen LogP contribution >= 0.6 is 23.2 Å². The standard InChI is InChI=1S/C9H8Cl2N4O/c10-7-2-1-6(5-8(7)11)15-13-9(3-4-16)12-14-15/h1-2,5,16H,3-4H2. The molecule has 1 N–H and O–H groups in total. The van der Waals surface area contributed by atoms with E-state index in [1.54, 1.807) is 18.2 Å². The van der Waals surface area contributed by atoms with Crippen LogP contribution in [0.3, 0.4) is 0 Å². The highest BCUT2D eigenvalue weighted by Gasteiger charge is 2.06. The van der Waals surface area contributed by atoms with E-state index in [4.69, 9.17) is 28.3 Å². The van der Waals surface area contributed by atoms with Crippen LogP contribution in [-0.4, -0.2) is 31.9 Å². The molecule has 0 aliphatic rings. The number of aliphatic hydroxyl groups is 1. The fraction of sp³-hybridized carbons (Fsp3) is 0.222. The first kappa shape index (κ1) is 11.3. The van der Waals surface area contributed by atoms with Crippen molar-refractivity contribution < 1.29 is 5.11 Å². The van der Waals surface area contributed by atoms with Crippen molar-refractivity contribution >= 4 is 23.2 Å². The highest BCUT2D eigenvalue weighted by Crippen LogP contribution is 2.23. The summed E-state index contributed by atoms with van der Waals surface area (Å²) in [5.41, 5.74) is 0.672. The van der Waals surface area contributed by atoms with Gasteiger partial charge in [-0.15, -0.1) is 15.0 Å². The van der Waals surface area contributed by atoms with Crippen LogP contribution in [-0.2, 0) is 6.42 Å². The van der Waals surface area contributed by atoms with Crippen molar-refractivity contribution in [3.8, 4) is 5.69 Å². The molecule has 0 unspecified atom stereocenters. The summed E-state index contributed by atoms with van der Waals surface area (Å²) in [6.07, 6.45) is 0.376. The van der Waals surface area contributed by atoms with E-state index >= 15 is 0 Å². The molecule has 0 radical (unpaired) electrons. The van der Waals surface area contributed by atoms with Gasteiger partial charge in [0, 0.05) is 6.42 Å². The molecular formula is C9H8Cl2N4O. The quantitative estimate of drug-likeness (QED) is 0.907. The minimum atomic E-state index is -0.00688. The van der Waals surface area contributed by atoms with Gasteiger partial charge in [0.05, 0.1) is 22.3 Å². The van der Waals surface area contributed by atoms with Gasteiger partial charge in [-0.3, -0.25) is 0 Å². The summed E-state index contributed by atoms with van der Waals surface area (Å²) in [6, 6.07) is 5.04. The van der Waals surface area contributed by atoms with Crippen LogP contribution in [0.5, 0.6) is 0 Å². The van der Waals surface area contributed by atoms with Crippen LogP contribution < -0.4 is 0 Å². The summed E-state index contributed by atoms with van der Waals surface area (Å²) < 4.78 is 0. The van der Waals surface area contributed by atoms with Gasteiger partial charge in [-0.25, -0.2) is 0 Å². The molecule has 84 valence electrons. The number of tetrazole rings is 1. The molecule has 16 heavy (non-hydrogen) atoms. The van der Waals surface area contributed by atoms with Gasteiger partial charge >= 0.3 is 0 Å². The molecule has 0 bridgehead atoms. The zero-order chi connectivity index (χ0) is 11.5. The summed E-state index contributed by atoms with van der Waals surface area (Å²) >= 11 is 11.7. The molecule has 1 aromatic carbocycles. The first-order chi connectivity index (χ1) is 7.70. The summed E-state index contributed by atoms with van der Waals surface area (Å²) in [5.74, 6) is 0.480. The topological polar surface area (TPSA) is 63.8 Å². The Morgan fingerprint density at radius 1 is 1.25 bits per heavy atom. The maximum atomic E-state index is 8.72. The van der Waals surface area contributed by atoms with Gasteiger partial charge in [0.25, 0.3) is 0 Å². The van der Waals surface area contributed by atoms with E-state index < -0.39 is 0 Å². The molecule has 7 heteroatoms. The second-order valence-electron chi connectivity index (χ2n) is 3.07. The number of benzene rings is 1. The van der Waals surface area contributed by atoms with Crippen LogP contribution in [0.25, 0.3) is 5.69 Å². The van der Waals surface area contributed by atoms with E-state index in [-0.39, 0.29) is 6.61 Å². The smallest absolute Gasteiger partial charge is 0.177 e. The molecule has 0 atom stereocenters. The largest absolute Gasteiger partial charge is 0.396 e. The van der Waals surface area contributed by atoms with Crippen molar-refractivity contribution in [2.45, 2.75) is 6.42 Å². The first-order valence-electron chi connectivity index (χ1n) is 4.56. The molecule has 0 aliphatic heterocycles. The molecular weight excluding hydrogens is 251 g/mol. The third-order valence-corrected chi connectivity index (χ3v) is 2.66. The highest BCUT2D eigenvalue weighted by atomic mass is 35.5. The Hall–Kier alpha value is -1.17. The minimum absolute atomic E-state index is 0.00688. The van der Waals surface area contributed by atoms with Crippen LogP contribution in [0.1, 0.15) is 5.82 Å². The number of hydrogen-bond donors (Lipinski definition) is 1. The van der Waals surface area contributed by atoms with E-state index in [0.29, 0.717) is 28.0 Å². The van der Waals surface area contributed by atoms with Crippen LogP contribution in [0.15, 0.2) is 18.2 Å². The Balaban J connectivity index is 2.31. The molecule has 1 aromatic heterocycles. The molecule has 0 saturated carbocycles. The van der Waals surface area contributed by atoms with Crippen molar-refractivity contribution in [2.24, 2.45) is 0 Å². The van der Waals surface area contributed by atoms with Gasteiger partial charge in [-0.2, -0.15) is 0 Å². The Morgan fingerprint density at radius 3 is 2.75 bits per heavy atom. The van der Waals surface area contributed by atoms with Crippen LogP contribution in [0, 0.1) is 0 Å². The number of hydrogen-bond acceptors (Lipinski definition) is 4. The molecule has 0 fully saturated rings. The molecule has 5 nitrogen and oxygen atoms in total. The Bertz CT molecular complexity index is 500. The van der Waals surface area contributed by atoms with Crippen LogP contribution in [0.4, 0.5) is 0 Å². The van der Waals surface area contributed by atoms with Gasteiger partial charge in [-0.1, -0.05) is 23.2 Å². The third kappa shape index (κ3) is 2.32. The summed E-state index contributed by atoms with van der Waals surface area (Å²) in [7, 11) is 0. The van der Waals surface area contributed by atoms with Crippen LogP contribution in [0.2, 0.25) is 10.0 Å². The van der Waals surface area contributed by atoms with Gasteiger partial charge in [-0.05, 0) is 23.4 Å². The van der Waals surface area contributed by atoms with Gasteiger partial charge in [0.2, 0.25) is 0 Å². The maximum Gasteiger partial charge on any atom is 0.177 e. The van der Waals surface area contributed by atoms with E-state index in [1.165, 1.54) is 4.80 Å². The second-order valence-corrected chi connectivity index (χ2v) is 3.88. The van der Waals surface area contributed by atoms with Gasteiger partial charge in [0.15, 0.2) is 5.82 Å². The summed E-state index contributed by atoms with van der Waals surface area (Å²) in [4.78, 5) is 1.34. The lowest BCUT2D eigenvalue weighted by Crippen LogP contribution is -2.00. The average molecular weight is 259 g/mol. The normalized spacial score (nSPS) is 10.7. The molecule has 0 saturated heterocycles. The monoisotopic (exact) mass is 258 g/mol. The molecule has 2 aromatic rings. The lowest BCUT2D eigenvalue weighted by Gasteiger charge is -2.00. The summed E-state index contributed by atoms with van der Waals surface area (Å²) in [6.45, 7) is -0.00688. The average Bonchev–Trinajstić information content (AvgIpc) is 2.71. The predicted molar refractivity (Wildman–Crippen MR) is 60.0 cm³/mol. The van der Waals surface area contributed by atoms with Gasteiger partial charge < -0.3 is 5.11 Å². The Kier molecular flexibility index (Phi) is 3.38. The molecule has 2 rings (SSSR count). The fourth-order valence-corrected chi connectivity index (χ4v) is 1.45. The minimum Gasteiger partial charge on any atom is -0.396 e. The fourth-order valence-electron chi connectivity index (χ4n) is 1.16. The third-order valence-electron chi connectivity index (χ3n) is 1.92. The number of rotatable bonds is 3. The van der Waals surface area contributed by atoms with E-state index in [1.807, 2.05) is 0 Å².